The molecule has 0 saturated heterocycles. The van der Waals surface area contributed by atoms with Crippen molar-refractivity contribution in [1.82, 2.24) is 4.68 Å². The Morgan fingerprint density at radius 1 is 1.31 bits per heavy atom. The minimum atomic E-state index is 0.359. The van der Waals surface area contributed by atoms with Crippen LogP contribution < -0.4 is 5.43 Å². The lowest BCUT2D eigenvalue weighted by molar-refractivity contribution is 0.166. The zero-order valence-electron chi connectivity index (χ0n) is 8.53. The van der Waals surface area contributed by atoms with Crippen molar-refractivity contribution < 1.29 is 4.74 Å². The van der Waals surface area contributed by atoms with E-state index in [-0.39, 0.29) is 0 Å². The van der Waals surface area contributed by atoms with Crippen molar-refractivity contribution in [2.75, 3.05) is 19.1 Å². The Balaban J connectivity index is 2.47. The lowest BCUT2D eigenvalue weighted by Gasteiger charge is -2.23. The van der Waals surface area contributed by atoms with Gasteiger partial charge in [-0.05, 0) is 18.1 Å². The molecule has 1 atom stereocenters. The van der Waals surface area contributed by atoms with Gasteiger partial charge in [0.15, 0.2) is 0 Å². The van der Waals surface area contributed by atoms with Crippen molar-refractivity contribution in [3.05, 3.63) is 24.5 Å². The number of rotatable bonds is 5. The number of ether oxygens (including phenoxy) is 1. The Bertz CT molecular complexity index is 219. The van der Waals surface area contributed by atoms with Crippen molar-refractivity contribution in [1.29, 1.82) is 0 Å². The highest BCUT2D eigenvalue weighted by molar-refractivity contribution is 4.96. The molecule has 0 amide bonds. The van der Waals surface area contributed by atoms with Crippen LogP contribution in [0.1, 0.15) is 13.8 Å². The number of hydrogen-bond acceptors (Lipinski definition) is 2. The van der Waals surface area contributed by atoms with E-state index in [2.05, 4.69) is 19.3 Å². The minimum Gasteiger partial charge on any atom is -0.382 e. The number of methoxy groups -OCH3 is 1. The van der Waals surface area contributed by atoms with Crippen LogP contribution in [0.15, 0.2) is 24.5 Å². The average molecular weight is 182 g/mol. The van der Waals surface area contributed by atoms with Crippen molar-refractivity contribution in [3.63, 3.8) is 0 Å². The van der Waals surface area contributed by atoms with Crippen LogP contribution in [0.25, 0.3) is 0 Å². The first-order valence-corrected chi connectivity index (χ1v) is 4.62. The molecule has 1 heterocycles. The molecule has 0 bridgehead atoms. The highest BCUT2D eigenvalue weighted by atomic mass is 16.5. The molecule has 0 spiro atoms. The third kappa shape index (κ3) is 3.11. The summed E-state index contributed by atoms with van der Waals surface area (Å²) in [5, 5.41) is 0. The molecule has 1 unspecified atom stereocenters. The van der Waals surface area contributed by atoms with E-state index in [4.69, 9.17) is 4.74 Å². The number of nitrogens with one attached hydrogen (secondary N) is 1. The maximum Gasteiger partial charge on any atom is 0.0682 e. The normalized spacial score (nSPS) is 13.2. The molecule has 0 aromatic carbocycles. The summed E-state index contributed by atoms with van der Waals surface area (Å²) in [6, 6.07) is 4.35. The first kappa shape index (κ1) is 10.1. The van der Waals surface area contributed by atoms with Gasteiger partial charge in [0, 0.05) is 19.5 Å². The number of hydrogen-bond donors (Lipinski definition) is 1. The van der Waals surface area contributed by atoms with Gasteiger partial charge < -0.3 is 10.2 Å². The molecule has 1 aromatic heterocycles. The molecular formula is C10H18N2O. The van der Waals surface area contributed by atoms with Gasteiger partial charge in [-0.15, -0.1) is 0 Å². The van der Waals surface area contributed by atoms with E-state index in [0.29, 0.717) is 12.0 Å². The fourth-order valence-electron chi connectivity index (χ4n) is 1.17. The van der Waals surface area contributed by atoms with Crippen molar-refractivity contribution in [2.45, 2.75) is 19.9 Å². The highest BCUT2D eigenvalue weighted by Gasteiger charge is 2.11. The van der Waals surface area contributed by atoms with E-state index < -0.39 is 0 Å². The van der Waals surface area contributed by atoms with Crippen molar-refractivity contribution in [2.24, 2.45) is 5.92 Å². The molecule has 0 aliphatic rings. The van der Waals surface area contributed by atoms with Crippen LogP contribution in [-0.2, 0) is 4.74 Å². The van der Waals surface area contributed by atoms with Crippen LogP contribution in [0.3, 0.4) is 0 Å². The molecule has 0 fully saturated rings. The van der Waals surface area contributed by atoms with Gasteiger partial charge in [-0.25, -0.2) is 0 Å². The van der Waals surface area contributed by atoms with Gasteiger partial charge in [-0.3, -0.25) is 4.68 Å². The molecule has 1 rings (SSSR count). The number of aromatic nitrogens is 1. The molecule has 1 aromatic rings. The molecule has 13 heavy (non-hydrogen) atoms. The Labute approximate surface area is 79.7 Å². The van der Waals surface area contributed by atoms with E-state index in [1.54, 1.807) is 7.11 Å². The monoisotopic (exact) mass is 182 g/mol. The van der Waals surface area contributed by atoms with Gasteiger partial charge in [-0.1, -0.05) is 13.8 Å². The molecule has 3 heteroatoms. The zero-order chi connectivity index (χ0) is 9.68. The van der Waals surface area contributed by atoms with Crippen LogP contribution in [-0.4, -0.2) is 24.4 Å². The lowest BCUT2D eigenvalue weighted by atomic mass is 10.1. The second kappa shape index (κ2) is 4.92. The Kier molecular flexibility index (Phi) is 3.83. The standard InChI is InChI=1S/C10H18N2O/c1-9(2)10(8-13-3)11-12-6-4-5-7-12/h4-7,9-11H,8H2,1-3H3. The predicted molar refractivity (Wildman–Crippen MR) is 54.3 cm³/mol. The molecule has 1 N–H and O–H groups in total. The summed E-state index contributed by atoms with van der Waals surface area (Å²) in [7, 11) is 1.73. The fourth-order valence-corrected chi connectivity index (χ4v) is 1.17. The molecule has 0 radical (unpaired) electrons. The van der Waals surface area contributed by atoms with Crippen LogP contribution in [0.2, 0.25) is 0 Å². The summed E-state index contributed by atoms with van der Waals surface area (Å²) < 4.78 is 7.10. The van der Waals surface area contributed by atoms with Crippen LogP contribution in [0.5, 0.6) is 0 Å². The summed E-state index contributed by atoms with van der Waals surface area (Å²) in [4.78, 5) is 0. The van der Waals surface area contributed by atoms with E-state index in [9.17, 15) is 0 Å². The second-order valence-electron chi connectivity index (χ2n) is 3.53. The first-order valence-electron chi connectivity index (χ1n) is 4.62. The zero-order valence-corrected chi connectivity index (χ0v) is 8.53. The molecular weight excluding hydrogens is 164 g/mol. The lowest BCUT2D eigenvalue weighted by Crippen LogP contribution is -2.35. The second-order valence-corrected chi connectivity index (χ2v) is 3.53. The average Bonchev–Trinajstić information content (AvgIpc) is 2.56. The van der Waals surface area contributed by atoms with E-state index in [0.717, 1.165) is 6.61 Å². The summed E-state index contributed by atoms with van der Waals surface area (Å²) in [6.07, 6.45) is 3.98. The maximum atomic E-state index is 5.14. The van der Waals surface area contributed by atoms with Gasteiger partial charge in [0.25, 0.3) is 0 Å². The Hall–Kier alpha value is -0.960. The summed E-state index contributed by atoms with van der Waals surface area (Å²) >= 11 is 0. The topological polar surface area (TPSA) is 26.2 Å². The van der Waals surface area contributed by atoms with Crippen LogP contribution in [0.4, 0.5) is 0 Å². The SMILES string of the molecule is COCC(Nn1cccc1)C(C)C. The van der Waals surface area contributed by atoms with Crippen molar-refractivity contribution in [3.8, 4) is 0 Å². The highest BCUT2D eigenvalue weighted by Crippen LogP contribution is 2.03. The summed E-state index contributed by atoms with van der Waals surface area (Å²) in [5.41, 5.74) is 3.35. The van der Waals surface area contributed by atoms with Gasteiger partial charge in [0.05, 0.1) is 12.6 Å². The molecule has 0 saturated carbocycles. The summed E-state index contributed by atoms with van der Waals surface area (Å²) in [5.74, 6) is 0.558. The fraction of sp³-hybridized carbons (Fsp3) is 0.600. The molecule has 0 aliphatic carbocycles. The van der Waals surface area contributed by atoms with E-state index >= 15 is 0 Å². The van der Waals surface area contributed by atoms with E-state index in [1.165, 1.54) is 0 Å². The Morgan fingerprint density at radius 3 is 2.38 bits per heavy atom. The minimum absolute atomic E-state index is 0.359. The molecule has 3 nitrogen and oxygen atoms in total. The first-order chi connectivity index (χ1) is 6.24. The molecule has 74 valence electrons. The van der Waals surface area contributed by atoms with Crippen LogP contribution >= 0.6 is 0 Å². The van der Waals surface area contributed by atoms with Gasteiger partial charge in [0.2, 0.25) is 0 Å². The van der Waals surface area contributed by atoms with Crippen LogP contribution in [0, 0.1) is 5.92 Å². The third-order valence-electron chi connectivity index (χ3n) is 2.07. The third-order valence-corrected chi connectivity index (χ3v) is 2.07. The van der Waals surface area contributed by atoms with E-state index in [1.807, 2.05) is 29.2 Å². The smallest absolute Gasteiger partial charge is 0.0682 e. The maximum absolute atomic E-state index is 5.14. The van der Waals surface area contributed by atoms with Gasteiger partial charge in [-0.2, -0.15) is 0 Å². The van der Waals surface area contributed by atoms with Gasteiger partial charge in [0.1, 0.15) is 0 Å². The van der Waals surface area contributed by atoms with Gasteiger partial charge >= 0.3 is 0 Å². The quantitative estimate of drug-likeness (QED) is 0.750. The number of nitrogens with zero attached hydrogens (tertiary/aromatic N) is 1. The largest absolute Gasteiger partial charge is 0.382 e. The van der Waals surface area contributed by atoms with Crippen molar-refractivity contribution >= 4 is 0 Å². The molecule has 0 aliphatic heterocycles. The Morgan fingerprint density at radius 2 is 1.92 bits per heavy atom. The predicted octanol–water partition coefficient (Wildman–Crippen LogP) is 1.70. The summed E-state index contributed by atoms with van der Waals surface area (Å²) in [6.45, 7) is 5.09.